The van der Waals surface area contributed by atoms with Gasteiger partial charge in [0.25, 0.3) is 5.91 Å². The van der Waals surface area contributed by atoms with Crippen LogP contribution in [-0.4, -0.2) is 54.9 Å². The molecule has 1 aromatic heterocycles. The van der Waals surface area contributed by atoms with Gasteiger partial charge in [-0.1, -0.05) is 11.6 Å². The fourth-order valence-corrected chi connectivity index (χ4v) is 3.43. The zero-order valence-corrected chi connectivity index (χ0v) is 16.3. The molecule has 27 heavy (non-hydrogen) atoms. The van der Waals surface area contributed by atoms with Crippen LogP contribution < -0.4 is 9.47 Å². The van der Waals surface area contributed by atoms with Gasteiger partial charge in [-0.2, -0.15) is 5.10 Å². The van der Waals surface area contributed by atoms with Crippen molar-refractivity contribution in [2.45, 2.75) is 19.4 Å². The first-order chi connectivity index (χ1) is 13.1. The number of hydrogen-bond donors (Lipinski definition) is 1. The second-order valence-electron chi connectivity index (χ2n) is 6.58. The zero-order valence-electron chi connectivity index (χ0n) is 15.5. The van der Waals surface area contributed by atoms with Crippen LogP contribution in [0.4, 0.5) is 0 Å². The molecule has 0 saturated carbocycles. The summed E-state index contributed by atoms with van der Waals surface area (Å²) in [5.41, 5.74) is 1.10. The number of ether oxygens (including phenoxy) is 3. The van der Waals surface area contributed by atoms with Gasteiger partial charge < -0.3 is 19.1 Å². The van der Waals surface area contributed by atoms with Gasteiger partial charge >= 0.3 is 0 Å². The molecule has 1 amide bonds. The Bertz CT molecular complexity index is 778. The van der Waals surface area contributed by atoms with E-state index in [1.807, 2.05) is 4.90 Å². The standard InChI is InChI=1S/C19H24ClN3O4/c1-25-11-13-4-3-7-23(10-13)19(24)17-8-14(21-22-17)12-27-18-6-5-15(26-2)9-16(18)20/h5-6,8-9,13H,3-4,7,10-12H2,1-2H3,(H,21,22)/t13-/m0/s1. The minimum absolute atomic E-state index is 0.0687. The van der Waals surface area contributed by atoms with Crippen LogP contribution in [0, 0.1) is 5.92 Å². The van der Waals surface area contributed by atoms with Crippen molar-refractivity contribution in [2.24, 2.45) is 5.92 Å². The van der Waals surface area contributed by atoms with E-state index < -0.39 is 0 Å². The van der Waals surface area contributed by atoms with Crippen LogP contribution in [0.3, 0.4) is 0 Å². The summed E-state index contributed by atoms with van der Waals surface area (Å²) < 4.78 is 16.0. The number of aromatic nitrogens is 2. The minimum atomic E-state index is -0.0687. The number of nitrogens with one attached hydrogen (secondary N) is 1. The highest BCUT2D eigenvalue weighted by Crippen LogP contribution is 2.29. The first-order valence-electron chi connectivity index (χ1n) is 8.89. The highest BCUT2D eigenvalue weighted by molar-refractivity contribution is 6.32. The van der Waals surface area contributed by atoms with E-state index in [1.165, 1.54) is 0 Å². The van der Waals surface area contributed by atoms with Gasteiger partial charge in [-0.15, -0.1) is 0 Å². The number of halogens is 1. The number of hydrogen-bond acceptors (Lipinski definition) is 5. The Morgan fingerprint density at radius 2 is 2.22 bits per heavy atom. The Morgan fingerprint density at radius 1 is 1.37 bits per heavy atom. The zero-order chi connectivity index (χ0) is 19.2. The first-order valence-corrected chi connectivity index (χ1v) is 9.27. The summed E-state index contributed by atoms with van der Waals surface area (Å²) in [6.07, 6.45) is 2.07. The number of carbonyl (C=O) groups excluding carboxylic acids is 1. The van der Waals surface area contributed by atoms with Crippen molar-refractivity contribution in [3.8, 4) is 11.5 Å². The van der Waals surface area contributed by atoms with Gasteiger partial charge in [0.05, 0.1) is 24.4 Å². The van der Waals surface area contributed by atoms with Crippen LogP contribution >= 0.6 is 11.6 Å². The number of rotatable bonds is 7. The molecule has 1 fully saturated rings. The molecule has 7 nitrogen and oxygen atoms in total. The molecule has 8 heteroatoms. The Kier molecular flexibility index (Phi) is 6.58. The molecule has 1 N–H and O–H groups in total. The van der Waals surface area contributed by atoms with Gasteiger partial charge in [-0.25, -0.2) is 0 Å². The molecule has 0 unspecified atom stereocenters. The number of H-pyrrole nitrogens is 1. The topological polar surface area (TPSA) is 76.7 Å². The fourth-order valence-electron chi connectivity index (χ4n) is 3.21. The third kappa shape index (κ3) is 4.93. The largest absolute Gasteiger partial charge is 0.497 e. The van der Waals surface area contributed by atoms with Crippen molar-refractivity contribution in [2.75, 3.05) is 33.9 Å². The number of carbonyl (C=O) groups is 1. The van der Waals surface area contributed by atoms with E-state index in [9.17, 15) is 4.79 Å². The Hall–Kier alpha value is -2.25. The maximum absolute atomic E-state index is 12.7. The van der Waals surface area contributed by atoms with Crippen molar-refractivity contribution in [3.63, 3.8) is 0 Å². The monoisotopic (exact) mass is 393 g/mol. The number of benzene rings is 1. The Balaban J connectivity index is 1.58. The van der Waals surface area contributed by atoms with E-state index in [0.717, 1.165) is 19.4 Å². The van der Waals surface area contributed by atoms with Crippen LogP contribution in [0.25, 0.3) is 0 Å². The van der Waals surface area contributed by atoms with Crippen LogP contribution in [0.1, 0.15) is 29.0 Å². The molecular formula is C19H24ClN3O4. The molecule has 0 bridgehead atoms. The average Bonchev–Trinajstić information content (AvgIpc) is 3.16. The molecule has 0 aliphatic carbocycles. The van der Waals surface area contributed by atoms with Gasteiger partial charge in [-0.05, 0) is 37.0 Å². The maximum atomic E-state index is 12.7. The number of piperidine rings is 1. The van der Waals surface area contributed by atoms with Crippen molar-refractivity contribution in [1.82, 2.24) is 15.1 Å². The number of aromatic amines is 1. The highest BCUT2D eigenvalue weighted by atomic mass is 35.5. The fraction of sp³-hybridized carbons (Fsp3) is 0.474. The summed E-state index contributed by atoms with van der Waals surface area (Å²) in [6.45, 7) is 2.36. The van der Waals surface area contributed by atoms with E-state index in [2.05, 4.69) is 10.2 Å². The van der Waals surface area contributed by atoms with Crippen molar-refractivity contribution in [1.29, 1.82) is 0 Å². The molecule has 3 rings (SSSR count). The lowest BCUT2D eigenvalue weighted by molar-refractivity contribution is 0.0565. The van der Waals surface area contributed by atoms with Crippen LogP contribution in [0.2, 0.25) is 5.02 Å². The molecule has 2 aromatic rings. The van der Waals surface area contributed by atoms with Crippen molar-refractivity contribution in [3.05, 3.63) is 40.7 Å². The first kappa shape index (κ1) is 19.5. The minimum Gasteiger partial charge on any atom is -0.497 e. The molecule has 1 atom stereocenters. The molecule has 2 heterocycles. The van der Waals surface area contributed by atoms with Crippen molar-refractivity contribution < 1.29 is 19.0 Å². The maximum Gasteiger partial charge on any atom is 0.274 e. The number of nitrogens with zero attached hydrogens (tertiary/aromatic N) is 2. The van der Waals surface area contributed by atoms with Gasteiger partial charge in [-0.3, -0.25) is 9.89 Å². The predicted molar refractivity (Wildman–Crippen MR) is 101 cm³/mol. The second-order valence-corrected chi connectivity index (χ2v) is 6.99. The van der Waals surface area contributed by atoms with Crippen LogP contribution in [-0.2, 0) is 11.3 Å². The van der Waals surface area contributed by atoms with Gasteiger partial charge in [0.1, 0.15) is 18.1 Å². The molecule has 0 spiro atoms. The van der Waals surface area contributed by atoms with Crippen molar-refractivity contribution >= 4 is 17.5 Å². The molecule has 1 aliphatic rings. The van der Waals surface area contributed by atoms with E-state index in [-0.39, 0.29) is 12.5 Å². The third-order valence-corrected chi connectivity index (χ3v) is 4.88. The average molecular weight is 394 g/mol. The van der Waals surface area contributed by atoms with E-state index in [1.54, 1.807) is 38.5 Å². The SMILES string of the molecule is COC[C@H]1CCCN(C(=O)c2cc(COc3ccc(OC)cc3Cl)[nH]n2)C1. The predicted octanol–water partition coefficient (Wildman–Crippen LogP) is 3.15. The number of methoxy groups -OCH3 is 2. The van der Waals surface area contributed by atoms with E-state index >= 15 is 0 Å². The van der Waals surface area contributed by atoms with E-state index in [0.29, 0.717) is 47.0 Å². The highest BCUT2D eigenvalue weighted by Gasteiger charge is 2.25. The molecule has 1 saturated heterocycles. The van der Waals surface area contributed by atoms with Gasteiger partial charge in [0.2, 0.25) is 0 Å². The lowest BCUT2D eigenvalue weighted by Crippen LogP contribution is -2.41. The molecule has 0 radical (unpaired) electrons. The summed E-state index contributed by atoms with van der Waals surface area (Å²) in [5.74, 6) is 1.51. The van der Waals surface area contributed by atoms with E-state index in [4.69, 9.17) is 25.8 Å². The summed E-state index contributed by atoms with van der Waals surface area (Å²) in [5, 5.41) is 7.46. The molecule has 146 valence electrons. The molecule has 1 aromatic carbocycles. The Labute approximate surface area is 163 Å². The quantitative estimate of drug-likeness (QED) is 0.781. The van der Waals surface area contributed by atoms with Gasteiger partial charge in [0.15, 0.2) is 5.69 Å². The summed E-state index contributed by atoms with van der Waals surface area (Å²) >= 11 is 6.17. The number of likely N-dealkylation sites (tertiary alicyclic amines) is 1. The smallest absolute Gasteiger partial charge is 0.274 e. The van der Waals surface area contributed by atoms with Gasteiger partial charge in [0, 0.05) is 26.3 Å². The lowest BCUT2D eigenvalue weighted by Gasteiger charge is -2.31. The third-order valence-electron chi connectivity index (χ3n) is 4.58. The normalized spacial score (nSPS) is 17.0. The summed E-state index contributed by atoms with van der Waals surface area (Å²) in [4.78, 5) is 14.5. The molecular weight excluding hydrogens is 370 g/mol. The Morgan fingerprint density at radius 3 is 2.96 bits per heavy atom. The second kappa shape index (κ2) is 9.10. The number of amides is 1. The summed E-state index contributed by atoms with van der Waals surface area (Å²) in [7, 11) is 3.27. The summed E-state index contributed by atoms with van der Waals surface area (Å²) in [6, 6.07) is 6.93. The molecule has 1 aliphatic heterocycles. The van der Waals surface area contributed by atoms with Crippen LogP contribution in [0.5, 0.6) is 11.5 Å². The lowest BCUT2D eigenvalue weighted by atomic mass is 9.99. The van der Waals surface area contributed by atoms with Crippen LogP contribution in [0.15, 0.2) is 24.3 Å².